The molecule has 55 heavy (non-hydrogen) atoms. The highest BCUT2D eigenvalue weighted by molar-refractivity contribution is 6.42. The summed E-state index contributed by atoms with van der Waals surface area (Å²) in [7, 11) is 0. The zero-order valence-corrected chi connectivity index (χ0v) is 28.8. The molecule has 17 nitrogen and oxygen atoms in total. The van der Waals surface area contributed by atoms with Gasteiger partial charge in [0.15, 0.2) is 6.61 Å². The SMILES string of the molecule is O=C(O)C(CNC(=O)C(=O)Nc1ccc(-n2cncn2)cc1)=NC(=O)c1ccc(Nc2nc(NC3(c4ccc(Cl)cc4)CC3)nc(OCC(F)(F)F)n2)cc1. The minimum Gasteiger partial charge on any atom is -0.477 e. The molecule has 0 bridgehead atoms. The Morgan fingerprint density at radius 1 is 0.891 bits per heavy atom. The summed E-state index contributed by atoms with van der Waals surface area (Å²) in [6.45, 7) is -2.41. The largest absolute Gasteiger partial charge is 0.477 e. The van der Waals surface area contributed by atoms with Crippen LogP contribution in [0.5, 0.6) is 6.01 Å². The lowest BCUT2D eigenvalue weighted by Gasteiger charge is -2.19. The number of carboxylic acid groups (broad SMARTS) is 1. The van der Waals surface area contributed by atoms with Crippen LogP contribution in [-0.4, -0.2) is 83.6 Å². The number of aliphatic carboxylic acids is 1. The maximum atomic E-state index is 12.9. The Labute approximate surface area is 313 Å². The van der Waals surface area contributed by atoms with Gasteiger partial charge in [-0.05, 0) is 79.1 Å². The van der Waals surface area contributed by atoms with Crippen molar-refractivity contribution in [1.82, 2.24) is 35.0 Å². The molecule has 0 unspecified atom stereocenters. The van der Waals surface area contributed by atoms with Crippen LogP contribution in [0.4, 0.5) is 36.4 Å². The second-order valence-electron chi connectivity index (χ2n) is 11.8. The van der Waals surface area contributed by atoms with Crippen molar-refractivity contribution in [3.63, 3.8) is 0 Å². The predicted octanol–water partition coefficient (Wildman–Crippen LogP) is 4.31. The van der Waals surface area contributed by atoms with E-state index in [2.05, 4.69) is 51.3 Å². The molecule has 3 amide bonds. The van der Waals surface area contributed by atoms with E-state index in [-0.39, 0.29) is 28.8 Å². The zero-order chi connectivity index (χ0) is 39.2. The molecule has 282 valence electrons. The molecular formula is C34H27ClF3N11O6. The highest BCUT2D eigenvalue weighted by Crippen LogP contribution is 2.48. The van der Waals surface area contributed by atoms with Crippen molar-refractivity contribution >= 4 is 64.3 Å². The molecule has 1 aliphatic carbocycles. The Hall–Kier alpha value is -6.96. The predicted molar refractivity (Wildman–Crippen MR) is 189 cm³/mol. The summed E-state index contributed by atoms with van der Waals surface area (Å²) in [6, 6.07) is 18.1. The van der Waals surface area contributed by atoms with Crippen LogP contribution in [-0.2, 0) is 19.9 Å². The van der Waals surface area contributed by atoms with E-state index in [1.165, 1.54) is 53.7 Å². The number of benzene rings is 3. The molecule has 1 fully saturated rings. The molecule has 5 aromatic rings. The van der Waals surface area contributed by atoms with Gasteiger partial charge < -0.3 is 31.1 Å². The van der Waals surface area contributed by atoms with E-state index in [1.54, 1.807) is 24.3 Å². The fourth-order valence-corrected chi connectivity index (χ4v) is 5.05. The zero-order valence-electron chi connectivity index (χ0n) is 28.0. The number of halogens is 4. The Kier molecular flexibility index (Phi) is 11.0. The monoisotopic (exact) mass is 777 g/mol. The van der Waals surface area contributed by atoms with E-state index in [1.807, 2.05) is 12.1 Å². The van der Waals surface area contributed by atoms with Crippen LogP contribution in [0.3, 0.4) is 0 Å². The lowest BCUT2D eigenvalue weighted by atomic mass is 10.1. The first-order valence-corrected chi connectivity index (χ1v) is 16.4. The van der Waals surface area contributed by atoms with Gasteiger partial charge in [0.25, 0.3) is 5.91 Å². The number of ether oxygens (including phenoxy) is 1. The molecule has 0 aliphatic heterocycles. The topological polar surface area (TPSA) is 228 Å². The molecule has 1 aliphatic rings. The quantitative estimate of drug-likeness (QED) is 0.0831. The van der Waals surface area contributed by atoms with Gasteiger partial charge in [0.05, 0.1) is 17.8 Å². The summed E-state index contributed by atoms with van der Waals surface area (Å²) < 4.78 is 45.1. The minimum absolute atomic E-state index is 0.0615. The number of hydrogen-bond donors (Lipinski definition) is 5. The van der Waals surface area contributed by atoms with Crippen LogP contribution in [0.25, 0.3) is 5.69 Å². The lowest BCUT2D eigenvalue weighted by molar-refractivity contribution is -0.154. The van der Waals surface area contributed by atoms with Gasteiger partial charge in [-0.1, -0.05) is 23.7 Å². The third kappa shape index (κ3) is 10.1. The van der Waals surface area contributed by atoms with Crippen molar-refractivity contribution in [2.75, 3.05) is 29.1 Å². The van der Waals surface area contributed by atoms with Crippen molar-refractivity contribution in [2.45, 2.75) is 24.6 Å². The molecule has 2 heterocycles. The van der Waals surface area contributed by atoms with Crippen LogP contribution in [0.1, 0.15) is 28.8 Å². The number of aromatic nitrogens is 6. The molecule has 0 spiro atoms. The van der Waals surface area contributed by atoms with Gasteiger partial charge in [-0.25, -0.2) is 19.5 Å². The fraction of sp³-hybridized carbons (Fsp3) is 0.176. The Bertz CT molecular complexity index is 2230. The number of amides is 3. The third-order valence-corrected chi connectivity index (χ3v) is 8.03. The number of anilines is 4. The van der Waals surface area contributed by atoms with Gasteiger partial charge in [0, 0.05) is 22.0 Å². The number of hydrogen-bond acceptors (Lipinski definition) is 12. The number of carboxylic acids is 1. The Morgan fingerprint density at radius 3 is 2.18 bits per heavy atom. The number of carbonyl (C=O) groups excluding carboxylic acids is 3. The van der Waals surface area contributed by atoms with Gasteiger partial charge in [-0.3, -0.25) is 14.4 Å². The molecule has 3 aromatic carbocycles. The summed E-state index contributed by atoms with van der Waals surface area (Å²) in [5.41, 5.74) is 0.670. The van der Waals surface area contributed by atoms with Crippen LogP contribution >= 0.6 is 11.6 Å². The molecule has 0 atom stereocenters. The highest BCUT2D eigenvalue weighted by atomic mass is 35.5. The van der Waals surface area contributed by atoms with E-state index in [0.717, 1.165) is 5.56 Å². The van der Waals surface area contributed by atoms with Crippen LogP contribution in [0, 0.1) is 0 Å². The molecular weight excluding hydrogens is 751 g/mol. The number of carbonyl (C=O) groups is 4. The summed E-state index contributed by atoms with van der Waals surface area (Å²) in [4.78, 5) is 69.1. The number of nitrogens with one attached hydrogen (secondary N) is 4. The maximum Gasteiger partial charge on any atom is 0.422 e. The molecule has 6 rings (SSSR count). The number of aliphatic imine (C=N–C) groups is 1. The number of alkyl halides is 3. The first-order chi connectivity index (χ1) is 26.2. The smallest absolute Gasteiger partial charge is 0.422 e. The van der Waals surface area contributed by atoms with Gasteiger partial charge in [0.1, 0.15) is 18.4 Å². The average molecular weight is 778 g/mol. The van der Waals surface area contributed by atoms with E-state index < -0.39 is 60.3 Å². The van der Waals surface area contributed by atoms with Gasteiger partial charge >= 0.3 is 30.0 Å². The van der Waals surface area contributed by atoms with Crippen LogP contribution in [0.2, 0.25) is 5.02 Å². The Balaban J connectivity index is 1.09. The van der Waals surface area contributed by atoms with Crippen molar-refractivity contribution in [3.8, 4) is 11.7 Å². The standard InChI is InChI=1S/C34H27ClF3N11O6/c35-21-5-3-20(4-6-21)33(13-14-33)48-31-45-30(46-32(47-31)55-16-34(36,37)38)43-23-7-1-19(2-8-23)26(50)44-25(29(53)54)15-40-27(51)28(52)42-22-9-11-24(12-10-22)49-18-39-17-41-49/h1-12,17-18H,13-16H2,(H,40,51)(H,42,52)(H,53,54)(H2,43,45,46,47,48). The lowest BCUT2D eigenvalue weighted by Crippen LogP contribution is -2.40. The van der Waals surface area contributed by atoms with Gasteiger partial charge in [0.2, 0.25) is 11.9 Å². The first-order valence-electron chi connectivity index (χ1n) is 16.0. The van der Waals surface area contributed by atoms with Crippen molar-refractivity contribution < 1.29 is 42.2 Å². The Morgan fingerprint density at radius 2 is 1.56 bits per heavy atom. The van der Waals surface area contributed by atoms with Crippen LogP contribution in [0.15, 0.2) is 90.4 Å². The van der Waals surface area contributed by atoms with Crippen LogP contribution < -0.4 is 26.0 Å². The fourth-order valence-electron chi connectivity index (χ4n) is 4.92. The molecule has 2 aromatic heterocycles. The summed E-state index contributed by atoms with van der Waals surface area (Å²) >= 11 is 6.01. The molecule has 21 heteroatoms. The molecule has 0 radical (unpaired) electrons. The normalized spacial score (nSPS) is 13.3. The van der Waals surface area contributed by atoms with Gasteiger partial charge in [-0.2, -0.15) is 33.2 Å². The molecule has 1 saturated carbocycles. The summed E-state index contributed by atoms with van der Waals surface area (Å²) in [6.07, 6.45) is -0.462. The first kappa shape index (κ1) is 37.8. The molecule has 5 N–H and O–H groups in total. The van der Waals surface area contributed by atoms with Gasteiger partial charge in [-0.15, -0.1) is 0 Å². The number of rotatable bonds is 13. The van der Waals surface area contributed by atoms with Crippen molar-refractivity contribution in [1.29, 1.82) is 0 Å². The summed E-state index contributed by atoms with van der Waals surface area (Å²) in [5.74, 6) is -5.13. The average Bonchev–Trinajstić information content (AvgIpc) is 3.71. The van der Waals surface area contributed by atoms with E-state index >= 15 is 0 Å². The van der Waals surface area contributed by atoms with E-state index in [9.17, 15) is 37.5 Å². The molecule has 0 saturated heterocycles. The van der Waals surface area contributed by atoms with Crippen molar-refractivity contribution in [2.24, 2.45) is 4.99 Å². The second kappa shape index (κ2) is 16.0. The highest BCUT2D eigenvalue weighted by Gasteiger charge is 2.45. The third-order valence-electron chi connectivity index (χ3n) is 7.78. The summed E-state index contributed by atoms with van der Waals surface area (Å²) in [5, 5.41) is 24.6. The maximum absolute atomic E-state index is 12.9. The van der Waals surface area contributed by atoms with E-state index in [4.69, 9.17) is 16.3 Å². The second-order valence-corrected chi connectivity index (χ2v) is 12.2. The minimum atomic E-state index is -4.66. The van der Waals surface area contributed by atoms with Crippen molar-refractivity contribution in [3.05, 3.63) is 102 Å². The van der Waals surface area contributed by atoms with E-state index in [0.29, 0.717) is 23.6 Å². The number of nitrogens with zero attached hydrogens (tertiary/aromatic N) is 7.